The molecule has 2 rings (SSSR count). The summed E-state index contributed by atoms with van der Waals surface area (Å²) in [5.41, 5.74) is 1.53. The van der Waals surface area contributed by atoms with Crippen molar-refractivity contribution in [2.75, 3.05) is 40.3 Å². The summed E-state index contributed by atoms with van der Waals surface area (Å²) in [7, 11) is 8.11. The standard InChI is InChI=1S/C18H21N3O5/c1-21(2)12-8-6-11(7-9-12)19-20-15-13(18(22)23)10-14(24-3)16(25-4)17(15)26-5/h6-10H,1-5H3,(H,22,23)/b20-19+. The van der Waals surface area contributed by atoms with Crippen LogP contribution in [0.1, 0.15) is 10.4 Å². The first-order chi connectivity index (χ1) is 12.4. The number of rotatable bonds is 7. The molecule has 26 heavy (non-hydrogen) atoms. The van der Waals surface area contributed by atoms with Crippen molar-refractivity contribution in [2.24, 2.45) is 10.2 Å². The molecule has 2 aromatic carbocycles. The molecule has 1 N–H and O–H groups in total. The molecule has 0 heterocycles. The Morgan fingerprint density at radius 2 is 1.58 bits per heavy atom. The lowest BCUT2D eigenvalue weighted by molar-refractivity contribution is 0.0697. The second kappa shape index (κ2) is 8.19. The fraction of sp³-hybridized carbons (Fsp3) is 0.278. The maximum absolute atomic E-state index is 11.6. The number of ether oxygens (including phenoxy) is 3. The minimum Gasteiger partial charge on any atom is -0.493 e. The van der Waals surface area contributed by atoms with Gasteiger partial charge < -0.3 is 24.2 Å². The van der Waals surface area contributed by atoms with E-state index >= 15 is 0 Å². The molecule has 0 bridgehead atoms. The van der Waals surface area contributed by atoms with Crippen molar-refractivity contribution in [2.45, 2.75) is 0 Å². The lowest BCUT2D eigenvalue weighted by atomic mass is 10.1. The fourth-order valence-corrected chi connectivity index (χ4v) is 2.33. The minimum atomic E-state index is -1.18. The molecule has 0 aliphatic heterocycles. The van der Waals surface area contributed by atoms with Gasteiger partial charge in [0.05, 0.1) is 32.6 Å². The quantitative estimate of drug-likeness (QED) is 0.754. The first-order valence-electron chi connectivity index (χ1n) is 7.68. The highest BCUT2D eigenvalue weighted by atomic mass is 16.5. The SMILES string of the molecule is COc1cc(C(=O)O)c(/N=N/c2ccc(N(C)C)cc2)c(OC)c1OC. The van der Waals surface area contributed by atoms with Gasteiger partial charge in [-0.05, 0) is 24.3 Å². The van der Waals surface area contributed by atoms with Crippen molar-refractivity contribution >= 4 is 23.0 Å². The number of azo groups is 1. The maximum atomic E-state index is 11.6. The second-order valence-electron chi connectivity index (χ2n) is 5.46. The zero-order valence-electron chi connectivity index (χ0n) is 15.3. The van der Waals surface area contributed by atoms with Crippen LogP contribution in [0.25, 0.3) is 0 Å². The summed E-state index contributed by atoms with van der Waals surface area (Å²) >= 11 is 0. The fourth-order valence-electron chi connectivity index (χ4n) is 2.33. The van der Waals surface area contributed by atoms with Gasteiger partial charge in [0.2, 0.25) is 5.75 Å². The van der Waals surface area contributed by atoms with Crippen LogP contribution in [-0.2, 0) is 0 Å². The highest BCUT2D eigenvalue weighted by Gasteiger charge is 2.24. The summed E-state index contributed by atoms with van der Waals surface area (Å²) in [5, 5.41) is 17.7. The van der Waals surface area contributed by atoms with E-state index in [1.165, 1.54) is 27.4 Å². The average molecular weight is 359 g/mol. The molecule has 0 fully saturated rings. The molecule has 8 nitrogen and oxygen atoms in total. The van der Waals surface area contributed by atoms with Gasteiger partial charge in [0.1, 0.15) is 5.69 Å². The lowest BCUT2D eigenvalue weighted by Gasteiger charge is -2.15. The molecule has 0 saturated carbocycles. The highest BCUT2D eigenvalue weighted by Crippen LogP contribution is 2.47. The van der Waals surface area contributed by atoms with Gasteiger partial charge in [-0.15, -0.1) is 5.11 Å². The van der Waals surface area contributed by atoms with Gasteiger partial charge in [-0.3, -0.25) is 0 Å². The van der Waals surface area contributed by atoms with E-state index in [4.69, 9.17) is 14.2 Å². The van der Waals surface area contributed by atoms with Crippen molar-refractivity contribution in [3.05, 3.63) is 35.9 Å². The van der Waals surface area contributed by atoms with Gasteiger partial charge in [0.15, 0.2) is 11.5 Å². The largest absolute Gasteiger partial charge is 0.493 e. The Morgan fingerprint density at radius 3 is 2.04 bits per heavy atom. The zero-order chi connectivity index (χ0) is 19.3. The molecule has 0 aliphatic rings. The highest BCUT2D eigenvalue weighted by molar-refractivity contribution is 5.97. The van der Waals surface area contributed by atoms with Crippen LogP contribution in [0.2, 0.25) is 0 Å². The van der Waals surface area contributed by atoms with E-state index in [1.54, 1.807) is 12.1 Å². The van der Waals surface area contributed by atoms with E-state index in [9.17, 15) is 9.90 Å². The Kier molecular flexibility index (Phi) is 6.00. The third kappa shape index (κ3) is 3.85. The molecule has 0 spiro atoms. The normalized spacial score (nSPS) is 10.7. The number of methoxy groups -OCH3 is 3. The summed E-state index contributed by atoms with van der Waals surface area (Å²) in [6.45, 7) is 0. The molecular formula is C18H21N3O5. The average Bonchev–Trinajstić information content (AvgIpc) is 2.64. The number of nitrogens with zero attached hydrogens (tertiary/aromatic N) is 3. The summed E-state index contributed by atoms with van der Waals surface area (Å²) in [6.07, 6.45) is 0. The van der Waals surface area contributed by atoms with E-state index in [0.29, 0.717) is 5.69 Å². The summed E-state index contributed by atoms with van der Waals surface area (Å²) in [6, 6.07) is 8.67. The van der Waals surface area contributed by atoms with Crippen LogP contribution < -0.4 is 19.1 Å². The number of aromatic carboxylic acids is 1. The zero-order valence-corrected chi connectivity index (χ0v) is 15.3. The Labute approximate surface area is 151 Å². The number of carboxylic acids is 1. The van der Waals surface area contributed by atoms with Gasteiger partial charge in [-0.25, -0.2) is 4.79 Å². The van der Waals surface area contributed by atoms with Crippen LogP contribution in [0.5, 0.6) is 17.2 Å². The molecule has 0 radical (unpaired) electrons. The van der Waals surface area contributed by atoms with Gasteiger partial charge in [0.25, 0.3) is 0 Å². The third-order valence-electron chi connectivity index (χ3n) is 3.67. The first-order valence-corrected chi connectivity index (χ1v) is 7.68. The van der Waals surface area contributed by atoms with Crippen LogP contribution in [0.4, 0.5) is 17.1 Å². The van der Waals surface area contributed by atoms with E-state index in [0.717, 1.165) is 5.69 Å². The van der Waals surface area contributed by atoms with Crippen LogP contribution >= 0.6 is 0 Å². The lowest BCUT2D eigenvalue weighted by Crippen LogP contribution is -2.07. The molecular weight excluding hydrogens is 338 g/mol. The molecule has 0 aliphatic carbocycles. The predicted molar refractivity (Wildman–Crippen MR) is 98.0 cm³/mol. The number of hydrogen-bond acceptors (Lipinski definition) is 7. The molecule has 0 saturated heterocycles. The summed E-state index contributed by atoms with van der Waals surface area (Å²) in [4.78, 5) is 13.6. The van der Waals surface area contributed by atoms with Crippen LogP contribution in [0, 0.1) is 0 Å². The van der Waals surface area contributed by atoms with Crippen LogP contribution in [0.3, 0.4) is 0 Å². The molecule has 0 atom stereocenters. The van der Waals surface area contributed by atoms with Crippen molar-refractivity contribution in [1.82, 2.24) is 0 Å². The Balaban J connectivity index is 2.54. The number of anilines is 1. The second-order valence-corrected chi connectivity index (χ2v) is 5.46. The number of carboxylic acid groups (broad SMARTS) is 1. The molecule has 0 amide bonds. The third-order valence-corrected chi connectivity index (χ3v) is 3.67. The van der Waals surface area contributed by atoms with Gasteiger partial charge in [-0.2, -0.15) is 5.11 Å². The Bertz CT molecular complexity index is 817. The smallest absolute Gasteiger partial charge is 0.338 e. The van der Waals surface area contributed by atoms with Crippen molar-refractivity contribution in [3.8, 4) is 17.2 Å². The first kappa shape index (κ1) is 19.0. The molecule has 0 unspecified atom stereocenters. The van der Waals surface area contributed by atoms with E-state index < -0.39 is 5.97 Å². The Morgan fingerprint density at radius 1 is 0.962 bits per heavy atom. The molecule has 2 aromatic rings. The van der Waals surface area contributed by atoms with Gasteiger partial charge in [-0.1, -0.05) is 0 Å². The van der Waals surface area contributed by atoms with Crippen molar-refractivity contribution in [3.63, 3.8) is 0 Å². The summed E-state index contributed by atoms with van der Waals surface area (Å²) in [5.74, 6) is -0.563. The topological polar surface area (TPSA) is 93.0 Å². The number of hydrogen-bond donors (Lipinski definition) is 1. The van der Waals surface area contributed by atoms with E-state index in [2.05, 4.69) is 10.2 Å². The minimum absolute atomic E-state index is 0.0503. The van der Waals surface area contributed by atoms with Crippen molar-refractivity contribution < 1.29 is 24.1 Å². The summed E-state index contributed by atoms with van der Waals surface area (Å²) < 4.78 is 15.8. The van der Waals surface area contributed by atoms with Crippen LogP contribution in [-0.4, -0.2) is 46.5 Å². The van der Waals surface area contributed by atoms with Crippen LogP contribution in [0.15, 0.2) is 40.6 Å². The number of benzene rings is 2. The van der Waals surface area contributed by atoms with Gasteiger partial charge in [0, 0.05) is 25.8 Å². The monoisotopic (exact) mass is 359 g/mol. The molecule has 0 aromatic heterocycles. The number of carbonyl (C=O) groups is 1. The molecule has 138 valence electrons. The maximum Gasteiger partial charge on any atom is 0.338 e. The van der Waals surface area contributed by atoms with Crippen molar-refractivity contribution in [1.29, 1.82) is 0 Å². The van der Waals surface area contributed by atoms with Gasteiger partial charge >= 0.3 is 5.97 Å². The Hall–Kier alpha value is -3.29. The van der Waals surface area contributed by atoms with E-state index in [1.807, 2.05) is 31.1 Å². The predicted octanol–water partition coefficient (Wildman–Crippen LogP) is 3.89. The molecule has 8 heteroatoms. The van der Waals surface area contributed by atoms with E-state index in [-0.39, 0.29) is 28.5 Å².